The van der Waals surface area contributed by atoms with Gasteiger partial charge < -0.3 is 18.7 Å². The van der Waals surface area contributed by atoms with Gasteiger partial charge in [0.2, 0.25) is 11.5 Å². The summed E-state index contributed by atoms with van der Waals surface area (Å²) in [5.74, 6) is 1.02. The summed E-state index contributed by atoms with van der Waals surface area (Å²) < 4.78 is 22.9. The molecule has 0 aliphatic carbocycles. The van der Waals surface area contributed by atoms with Crippen LogP contribution in [0.5, 0.6) is 11.5 Å². The number of methoxy groups -OCH3 is 1. The normalized spacial score (nSPS) is 10.6. The van der Waals surface area contributed by atoms with Gasteiger partial charge in [-0.05, 0) is 31.2 Å². The van der Waals surface area contributed by atoms with Crippen molar-refractivity contribution in [2.75, 3.05) is 13.7 Å². The quantitative estimate of drug-likeness (QED) is 0.398. The van der Waals surface area contributed by atoms with Gasteiger partial charge in [0.25, 0.3) is 5.89 Å². The number of carbonyl (C=O) groups excluding carboxylic acids is 1. The average Bonchev–Trinajstić information content (AvgIpc) is 3.46. The molecule has 31 heavy (non-hydrogen) atoms. The van der Waals surface area contributed by atoms with Crippen LogP contribution in [0, 0.1) is 0 Å². The minimum atomic E-state index is -0.574. The Hall–Kier alpha value is -4.14. The second-order valence-electron chi connectivity index (χ2n) is 6.37. The van der Waals surface area contributed by atoms with Gasteiger partial charge in [0.1, 0.15) is 5.75 Å². The highest BCUT2D eigenvalue weighted by molar-refractivity contribution is 5.90. The smallest absolute Gasteiger partial charge is 0.362 e. The summed E-state index contributed by atoms with van der Waals surface area (Å²) in [7, 11) is 1.59. The standard InChI is InChI=1S/C22H20N4O5/c1-3-29-22(27)20-18(13-26(24-20)16-9-5-4-6-10-16)30-14-19-23-21(25-31-19)15-8-7-11-17(12-15)28-2/h4-13H,3,14H2,1-2H3. The van der Waals surface area contributed by atoms with Crippen LogP contribution in [0.1, 0.15) is 23.3 Å². The number of nitrogens with zero attached hydrogens (tertiary/aromatic N) is 4. The summed E-state index contributed by atoms with van der Waals surface area (Å²) >= 11 is 0. The van der Waals surface area contributed by atoms with Crippen LogP contribution >= 0.6 is 0 Å². The van der Waals surface area contributed by atoms with Gasteiger partial charge in [-0.15, -0.1) is 0 Å². The van der Waals surface area contributed by atoms with Gasteiger partial charge >= 0.3 is 5.97 Å². The number of benzene rings is 2. The third-order valence-electron chi connectivity index (χ3n) is 4.32. The molecule has 0 radical (unpaired) electrons. The van der Waals surface area contributed by atoms with Gasteiger partial charge in [0.05, 0.1) is 25.6 Å². The van der Waals surface area contributed by atoms with Gasteiger partial charge in [0, 0.05) is 5.56 Å². The number of hydrogen-bond acceptors (Lipinski definition) is 8. The molecule has 2 heterocycles. The first-order valence-corrected chi connectivity index (χ1v) is 9.60. The molecular formula is C22H20N4O5. The van der Waals surface area contributed by atoms with Gasteiger partial charge in [-0.2, -0.15) is 10.1 Å². The number of rotatable bonds is 8. The molecule has 2 aromatic heterocycles. The Morgan fingerprint density at radius 3 is 2.74 bits per heavy atom. The van der Waals surface area contributed by atoms with Crippen molar-refractivity contribution < 1.29 is 23.5 Å². The van der Waals surface area contributed by atoms with Crippen LogP contribution < -0.4 is 9.47 Å². The van der Waals surface area contributed by atoms with Crippen LogP contribution in [-0.2, 0) is 11.3 Å². The molecule has 0 saturated heterocycles. The zero-order valence-corrected chi connectivity index (χ0v) is 17.0. The van der Waals surface area contributed by atoms with E-state index < -0.39 is 5.97 Å². The van der Waals surface area contributed by atoms with E-state index in [1.54, 1.807) is 31.0 Å². The van der Waals surface area contributed by atoms with E-state index in [0.717, 1.165) is 11.3 Å². The molecular weight excluding hydrogens is 400 g/mol. The fraction of sp³-hybridized carbons (Fsp3) is 0.182. The summed E-state index contributed by atoms with van der Waals surface area (Å²) in [5.41, 5.74) is 1.60. The highest BCUT2D eigenvalue weighted by Crippen LogP contribution is 2.24. The first-order valence-electron chi connectivity index (χ1n) is 9.60. The summed E-state index contributed by atoms with van der Waals surface area (Å²) in [6.45, 7) is 1.92. The molecule has 158 valence electrons. The Bertz CT molecular complexity index is 1170. The monoisotopic (exact) mass is 420 g/mol. The van der Waals surface area contributed by atoms with Gasteiger partial charge in [0.15, 0.2) is 12.4 Å². The lowest BCUT2D eigenvalue weighted by atomic mass is 10.2. The van der Waals surface area contributed by atoms with E-state index in [0.29, 0.717) is 11.6 Å². The fourth-order valence-electron chi connectivity index (χ4n) is 2.85. The zero-order valence-electron chi connectivity index (χ0n) is 17.0. The molecule has 0 spiro atoms. The summed E-state index contributed by atoms with van der Waals surface area (Å²) in [4.78, 5) is 16.7. The minimum absolute atomic E-state index is 0.0378. The second kappa shape index (κ2) is 9.12. The molecule has 4 rings (SSSR count). The molecule has 0 N–H and O–H groups in total. The summed E-state index contributed by atoms with van der Waals surface area (Å²) in [5, 5.41) is 8.30. The first kappa shape index (κ1) is 20.1. The van der Waals surface area contributed by atoms with Crippen molar-refractivity contribution in [3.05, 3.63) is 72.4 Å². The Kier molecular flexibility index (Phi) is 5.93. The molecule has 0 amide bonds. The van der Waals surface area contributed by atoms with Crippen molar-refractivity contribution in [2.45, 2.75) is 13.5 Å². The van der Waals surface area contributed by atoms with E-state index in [4.69, 9.17) is 18.7 Å². The third-order valence-corrected chi connectivity index (χ3v) is 4.32. The number of esters is 1. The predicted molar refractivity (Wildman–Crippen MR) is 110 cm³/mol. The van der Waals surface area contributed by atoms with Crippen molar-refractivity contribution in [3.63, 3.8) is 0 Å². The minimum Gasteiger partial charge on any atom is -0.497 e. The van der Waals surface area contributed by atoms with Crippen LogP contribution in [0.2, 0.25) is 0 Å². The van der Waals surface area contributed by atoms with Crippen molar-refractivity contribution in [1.82, 2.24) is 19.9 Å². The maximum atomic E-state index is 12.3. The maximum Gasteiger partial charge on any atom is 0.362 e. The third kappa shape index (κ3) is 4.55. The van der Waals surface area contributed by atoms with Crippen molar-refractivity contribution in [3.8, 4) is 28.6 Å². The molecule has 4 aromatic rings. The highest BCUT2D eigenvalue weighted by atomic mass is 16.5. The topological polar surface area (TPSA) is 102 Å². The van der Waals surface area contributed by atoms with E-state index in [1.165, 1.54) is 0 Å². The molecule has 9 heteroatoms. The highest BCUT2D eigenvalue weighted by Gasteiger charge is 2.21. The largest absolute Gasteiger partial charge is 0.497 e. The molecule has 9 nitrogen and oxygen atoms in total. The van der Waals surface area contributed by atoms with Crippen LogP contribution in [0.4, 0.5) is 0 Å². The predicted octanol–water partition coefficient (Wildman–Crippen LogP) is 3.69. The van der Waals surface area contributed by atoms with E-state index in [9.17, 15) is 4.79 Å². The zero-order chi connectivity index (χ0) is 21.6. The van der Waals surface area contributed by atoms with Crippen molar-refractivity contribution in [2.24, 2.45) is 0 Å². The fourth-order valence-corrected chi connectivity index (χ4v) is 2.85. The number of carbonyl (C=O) groups is 1. The first-order chi connectivity index (χ1) is 15.2. The van der Waals surface area contributed by atoms with E-state index in [1.807, 2.05) is 48.5 Å². The van der Waals surface area contributed by atoms with E-state index >= 15 is 0 Å². The lowest BCUT2D eigenvalue weighted by Gasteiger charge is -2.02. The van der Waals surface area contributed by atoms with E-state index in [2.05, 4.69) is 15.2 Å². The molecule has 0 fully saturated rings. The lowest BCUT2D eigenvalue weighted by molar-refractivity contribution is 0.0513. The summed E-state index contributed by atoms with van der Waals surface area (Å²) in [6, 6.07) is 16.7. The second-order valence-corrected chi connectivity index (χ2v) is 6.37. The molecule has 0 bridgehead atoms. The average molecular weight is 420 g/mol. The van der Waals surface area contributed by atoms with Crippen LogP contribution in [0.25, 0.3) is 17.1 Å². The molecule has 0 saturated carbocycles. The molecule has 0 atom stereocenters. The lowest BCUT2D eigenvalue weighted by Crippen LogP contribution is -2.08. The Morgan fingerprint density at radius 2 is 1.97 bits per heavy atom. The molecule has 0 unspecified atom stereocenters. The number of hydrogen-bond donors (Lipinski definition) is 0. The number of para-hydroxylation sites is 1. The maximum absolute atomic E-state index is 12.3. The van der Waals surface area contributed by atoms with Crippen LogP contribution in [0.15, 0.2) is 65.3 Å². The van der Waals surface area contributed by atoms with Crippen molar-refractivity contribution in [1.29, 1.82) is 0 Å². The Morgan fingerprint density at radius 1 is 1.13 bits per heavy atom. The Balaban J connectivity index is 1.54. The molecule has 2 aromatic carbocycles. The van der Waals surface area contributed by atoms with Gasteiger partial charge in [-0.25, -0.2) is 9.48 Å². The van der Waals surface area contributed by atoms with Crippen LogP contribution in [-0.4, -0.2) is 39.6 Å². The SMILES string of the molecule is CCOC(=O)c1nn(-c2ccccc2)cc1OCc1nc(-c2cccc(OC)c2)no1. The van der Waals surface area contributed by atoms with Gasteiger partial charge in [-0.3, -0.25) is 0 Å². The molecule has 0 aliphatic heterocycles. The molecule has 0 aliphatic rings. The van der Waals surface area contributed by atoms with Gasteiger partial charge in [-0.1, -0.05) is 35.5 Å². The number of aromatic nitrogens is 4. The summed E-state index contributed by atoms with van der Waals surface area (Å²) in [6.07, 6.45) is 1.61. The Labute approximate surface area is 178 Å². The number of ether oxygens (including phenoxy) is 3. The van der Waals surface area contributed by atoms with E-state index in [-0.39, 0.29) is 30.5 Å². The van der Waals surface area contributed by atoms with Crippen molar-refractivity contribution >= 4 is 5.97 Å². The van der Waals surface area contributed by atoms with Crippen LogP contribution in [0.3, 0.4) is 0 Å².